The molecule has 8 heteroatoms. The molecule has 6 nitrogen and oxygen atoms in total. The Morgan fingerprint density at radius 2 is 2.00 bits per heavy atom. The number of carbonyl (C=O) groups is 1. The lowest BCUT2D eigenvalue weighted by atomic mass is 10.1. The highest BCUT2D eigenvalue weighted by Crippen LogP contribution is 2.23. The van der Waals surface area contributed by atoms with E-state index in [9.17, 15) is 4.79 Å². The van der Waals surface area contributed by atoms with Gasteiger partial charge in [0.2, 0.25) is 0 Å². The monoisotopic (exact) mass is 398 g/mol. The van der Waals surface area contributed by atoms with Gasteiger partial charge in [-0.05, 0) is 43.3 Å². The molecule has 3 aromatic heterocycles. The summed E-state index contributed by atoms with van der Waals surface area (Å²) in [4.78, 5) is 17.6. The lowest BCUT2D eigenvalue weighted by Crippen LogP contribution is -2.22. The van der Waals surface area contributed by atoms with Gasteiger partial charge in [0.25, 0.3) is 5.91 Å². The van der Waals surface area contributed by atoms with E-state index in [0.29, 0.717) is 27.0 Å². The predicted octanol–water partition coefficient (Wildman–Crippen LogP) is 4.48. The molecule has 0 aliphatic heterocycles. The smallest absolute Gasteiger partial charge is 0.263 e. The van der Waals surface area contributed by atoms with Gasteiger partial charge in [0.15, 0.2) is 10.9 Å². The number of hydrogen-bond donors (Lipinski definition) is 1. The molecule has 0 saturated carbocycles. The highest BCUT2D eigenvalue weighted by Gasteiger charge is 2.16. The zero-order valence-electron chi connectivity index (χ0n) is 14.3. The molecule has 4 rings (SSSR count). The number of benzene rings is 1. The average Bonchev–Trinajstić information content (AvgIpc) is 3.41. The van der Waals surface area contributed by atoms with Crippen LogP contribution in [0, 0.1) is 6.92 Å². The Balaban J connectivity index is 1.43. The summed E-state index contributed by atoms with van der Waals surface area (Å²) >= 11 is 7.24. The lowest BCUT2D eigenvalue weighted by molar-refractivity contribution is 0.0953. The number of nitrogens with zero attached hydrogens (tertiary/aromatic N) is 3. The Labute approximate surface area is 164 Å². The van der Waals surface area contributed by atoms with Gasteiger partial charge in [-0.3, -0.25) is 4.79 Å². The zero-order chi connectivity index (χ0) is 18.8. The number of hydrogen-bond acceptors (Lipinski definition) is 5. The van der Waals surface area contributed by atoms with Gasteiger partial charge in [-0.2, -0.15) is 0 Å². The van der Waals surface area contributed by atoms with Crippen molar-refractivity contribution in [1.29, 1.82) is 0 Å². The maximum atomic E-state index is 12.5. The number of halogens is 1. The Hall–Kier alpha value is -2.90. The second-order valence-electron chi connectivity index (χ2n) is 5.87. The van der Waals surface area contributed by atoms with Gasteiger partial charge in [0.05, 0.1) is 12.2 Å². The van der Waals surface area contributed by atoms with E-state index < -0.39 is 0 Å². The molecule has 0 unspecified atom stereocenters. The van der Waals surface area contributed by atoms with Gasteiger partial charge < -0.3 is 14.4 Å². The van der Waals surface area contributed by atoms with Crippen LogP contribution >= 0.6 is 22.9 Å². The number of aromatic nitrogens is 3. The summed E-state index contributed by atoms with van der Waals surface area (Å²) in [5.74, 6) is 0.444. The van der Waals surface area contributed by atoms with E-state index in [-0.39, 0.29) is 12.5 Å². The molecule has 4 aromatic rings. The van der Waals surface area contributed by atoms with Gasteiger partial charge in [0, 0.05) is 29.0 Å². The first-order valence-corrected chi connectivity index (χ1v) is 9.40. The van der Waals surface area contributed by atoms with E-state index in [0.717, 1.165) is 10.7 Å². The van der Waals surface area contributed by atoms with Crippen molar-refractivity contribution < 1.29 is 9.32 Å². The van der Waals surface area contributed by atoms with Crippen molar-refractivity contribution in [2.45, 2.75) is 13.5 Å². The second-order valence-corrected chi connectivity index (χ2v) is 7.29. The first-order valence-electron chi connectivity index (χ1n) is 8.20. The third kappa shape index (κ3) is 3.79. The summed E-state index contributed by atoms with van der Waals surface area (Å²) < 4.78 is 7.23. The van der Waals surface area contributed by atoms with Crippen LogP contribution in [0.4, 0.5) is 0 Å². The minimum Gasteiger partial charge on any atom is -0.356 e. The average molecular weight is 399 g/mol. The van der Waals surface area contributed by atoms with Crippen LogP contribution in [0.3, 0.4) is 0 Å². The number of rotatable bonds is 5. The highest BCUT2D eigenvalue weighted by atomic mass is 35.5. The normalized spacial score (nSPS) is 10.9. The van der Waals surface area contributed by atoms with Crippen molar-refractivity contribution in [3.8, 4) is 16.5 Å². The Kier molecular flexibility index (Phi) is 4.79. The van der Waals surface area contributed by atoms with E-state index in [1.807, 2.05) is 48.1 Å². The molecule has 1 N–H and O–H groups in total. The first-order chi connectivity index (χ1) is 13.1. The summed E-state index contributed by atoms with van der Waals surface area (Å²) in [6.07, 6.45) is 3.79. The third-order valence-electron chi connectivity index (χ3n) is 3.93. The van der Waals surface area contributed by atoms with Crippen molar-refractivity contribution in [3.63, 3.8) is 0 Å². The Morgan fingerprint density at radius 1 is 1.26 bits per heavy atom. The van der Waals surface area contributed by atoms with Gasteiger partial charge in [0.1, 0.15) is 10.6 Å². The molecule has 0 aliphatic rings. The van der Waals surface area contributed by atoms with Gasteiger partial charge in [-0.15, -0.1) is 0 Å². The van der Waals surface area contributed by atoms with Gasteiger partial charge >= 0.3 is 0 Å². The van der Waals surface area contributed by atoms with Crippen LogP contribution in [0.15, 0.2) is 59.4 Å². The fourth-order valence-electron chi connectivity index (χ4n) is 2.56. The van der Waals surface area contributed by atoms with Crippen molar-refractivity contribution in [2.24, 2.45) is 0 Å². The molecule has 0 fully saturated rings. The van der Waals surface area contributed by atoms with Crippen molar-refractivity contribution in [1.82, 2.24) is 20.0 Å². The standard InChI is InChI=1S/C19H15ClN4O2S/c1-12-17(27-19(22-12)24-8-2-3-9-24)18(25)21-11-15-10-16(26-23-15)13-4-6-14(20)7-5-13/h2-10H,11H2,1H3,(H,21,25). The maximum absolute atomic E-state index is 12.5. The van der Waals surface area contributed by atoms with Crippen molar-refractivity contribution in [3.05, 3.63) is 76.1 Å². The van der Waals surface area contributed by atoms with E-state index in [1.165, 1.54) is 11.3 Å². The summed E-state index contributed by atoms with van der Waals surface area (Å²) in [7, 11) is 0. The summed E-state index contributed by atoms with van der Waals surface area (Å²) in [6.45, 7) is 2.10. The second kappa shape index (κ2) is 7.38. The number of carbonyl (C=O) groups excluding carboxylic acids is 1. The quantitative estimate of drug-likeness (QED) is 0.538. The van der Waals surface area contributed by atoms with Crippen molar-refractivity contribution >= 4 is 28.8 Å². The molecule has 136 valence electrons. The van der Waals surface area contributed by atoms with E-state index >= 15 is 0 Å². The van der Waals surface area contributed by atoms with Crippen LogP contribution in [-0.4, -0.2) is 20.6 Å². The summed E-state index contributed by atoms with van der Waals surface area (Å²) in [5, 5.41) is 8.29. The molecular formula is C19H15ClN4O2S. The SMILES string of the molecule is Cc1nc(-n2cccc2)sc1C(=O)NCc1cc(-c2ccc(Cl)cc2)on1. The molecule has 0 aliphatic carbocycles. The Morgan fingerprint density at radius 3 is 2.74 bits per heavy atom. The maximum Gasteiger partial charge on any atom is 0.263 e. The molecule has 0 atom stereocenters. The minimum atomic E-state index is -0.181. The van der Waals surface area contributed by atoms with Crippen LogP contribution < -0.4 is 5.32 Å². The first kappa shape index (κ1) is 17.5. The number of aryl methyl sites for hydroxylation is 1. The lowest BCUT2D eigenvalue weighted by Gasteiger charge is -2.00. The summed E-state index contributed by atoms with van der Waals surface area (Å²) in [5.41, 5.74) is 2.21. The molecule has 0 spiro atoms. The van der Waals surface area contributed by atoms with E-state index in [4.69, 9.17) is 16.1 Å². The Bertz CT molecular complexity index is 1070. The topological polar surface area (TPSA) is 73.0 Å². The molecule has 0 bridgehead atoms. The van der Waals surface area contributed by atoms with E-state index in [2.05, 4.69) is 15.5 Å². The number of nitrogens with one attached hydrogen (secondary N) is 1. The molecule has 3 heterocycles. The van der Waals surface area contributed by atoms with Crippen LogP contribution in [0.5, 0.6) is 0 Å². The third-order valence-corrected chi connectivity index (χ3v) is 5.36. The van der Waals surface area contributed by atoms with Crippen molar-refractivity contribution in [2.75, 3.05) is 0 Å². The highest BCUT2D eigenvalue weighted by molar-refractivity contribution is 7.16. The molecular weight excluding hydrogens is 384 g/mol. The van der Waals surface area contributed by atoms with Gasteiger partial charge in [-0.1, -0.05) is 28.1 Å². The molecule has 1 aromatic carbocycles. The van der Waals surface area contributed by atoms with Crippen LogP contribution in [0.2, 0.25) is 5.02 Å². The number of amides is 1. The molecule has 0 saturated heterocycles. The number of thiazole rings is 1. The molecule has 0 radical (unpaired) electrons. The van der Waals surface area contributed by atoms with Gasteiger partial charge in [-0.25, -0.2) is 4.98 Å². The van der Waals surface area contributed by atoms with Crippen LogP contribution in [0.25, 0.3) is 16.5 Å². The fraction of sp³-hybridized carbons (Fsp3) is 0.105. The van der Waals surface area contributed by atoms with Crippen LogP contribution in [0.1, 0.15) is 21.1 Å². The molecule has 1 amide bonds. The van der Waals surface area contributed by atoms with E-state index in [1.54, 1.807) is 18.2 Å². The summed E-state index contributed by atoms with van der Waals surface area (Å²) in [6, 6.07) is 12.9. The largest absolute Gasteiger partial charge is 0.356 e. The fourth-order valence-corrected chi connectivity index (χ4v) is 3.64. The van der Waals surface area contributed by atoms with Crippen LogP contribution in [-0.2, 0) is 6.54 Å². The molecule has 27 heavy (non-hydrogen) atoms. The minimum absolute atomic E-state index is 0.181. The zero-order valence-corrected chi connectivity index (χ0v) is 15.9. The predicted molar refractivity (Wildman–Crippen MR) is 104 cm³/mol.